The minimum atomic E-state index is -0.287. The number of urea groups is 1. The summed E-state index contributed by atoms with van der Waals surface area (Å²) >= 11 is 1.33. The highest BCUT2D eigenvalue weighted by atomic mass is 32.1. The lowest BCUT2D eigenvalue weighted by Gasteiger charge is -2.31. The molecule has 1 aromatic heterocycles. The average molecular weight is 431 g/mol. The number of rotatable bonds is 5. The van der Waals surface area contributed by atoms with Gasteiger partial charge in [-0.05, 0) is 30.3 Å². The van der Waals surface area contributed by atoms with Crippen molar-refractivity contribution in [1.29, 1.82) is 0 Å². The predicted molar refractivity (Wildman–Crippen MR) is 113 cm³/mol. The number of ether oxygens (including phenoxy) is 3. The van der Waals surface area contributed by atoms with Gasteiger partial charge in [0.05, 0.1) is 30.1 Å². The molecular formula is C21H22FN3O4S. The number of nitrogens with one attached hydrogen (secondary N) is 1. The molecule has 1 aliphatic rings. The van der Waals surface area contributed by atoms with Gasteiger partial charge in [0.25, 0.3) is 5.19 Å². The van der Waals surface area contributed by atoms with Crippen molar-refractivity contribution in [1.82, 2.24) is 9.88 Å². The number of nitrogens with zero attached hydrogens (tertiary/aromatic N) is 2. The number of carbonyl (C=O) groups excluding carboxylic acids is 1. The Morgan fingerprint density at radius 1 is 1.17 bits per heavy atom. The van der Waals surface area contributed by atoms with E-state index in [4.69, 9.17) is 14.2 Å². The fraction of sp³-hybridized carbons (Fsp3) is 0.333. The Morgan fingerprint density at radius 2 is 1.97 bits per heavy atom. The van der Waals surface area contributed by atoms with Crippen LogP contribution in [0.15, 0.2) is 36.4 Å². The number of hydrogen-bond acceptors (Lipinski definition) is 6. The van der Waals surface area contributed by atoms with Crippen LogP contribution >= 0.6 is 11.3 Å². The van der Waals surface area contributed by atoms with E-state index >= 15 is 0 Å². The van der Waals surface area contributed by atoms with Crippen LogP contribution in [0.25, 0.3) is 10.2 Å². The molecule has 158 valence electrons. The maximum Gasteiger partial charge on any atom is 0.321 e. The first-order valence-electron chi connectivity index (χ1n) is 9.56. The lowest BCUT2D eigenvalue weighted by Crippen LogP contribution is -2.43. The number of carbonyl (C=O) groups is 1. The van der Waals surface area contributed by atoms with Crippen LogP contribution in [-0.4, -0.2) is 49.3 Å². The lowest BCUT2D eigenvalue weighted by molar-refractivity contribution is 0.115. The number of fused-ring (bicyclic) bond motifs is 1. The van der Waals surface area contributed by atoms with Crippen LogP contribution in [0.5, 0.6) is 16.7 Å². The Balaban J connectivity index is 1.33. The molecule has 30 heavy (non-hydrogen) atoms. The highest BCUT2D eigenvalue weighted by molar-refractivity contribution is 7.20. The maximum atomic E-state index is 13.3. The zero-order valence-electron chi connectivity index (χ0n) is 16.7. The summed E-state index contributed by atoms with van der Waals surface area (Å²) in [6.07, 6.45) is 1.35. The Kier molecular flexibility index (Phi) is 5.89. The predicted octanol–water partition coefficient (Wildman–Crippen LogP) is 4.53. The van der Waals surface area contributed by atoms with Crippen molar-refractivity contribution in [2.75, 3.05) is 32.6 Å². The quantitative estimate of drug-likeness (QED) is 0.643. The number of amides is 2. The molecule has 0 unspecified atom stereocenters. The molecule has 1 aliphatic heterocycles. The van der Waals surface area contributed by atoms with E-state index in [1.165, 1.54) is 23.5 Å². The summed E-state index contributed by atoms with van der Waals surface area (Å²) in [6.45, 7) is 1.13. The Labute approximate surface area is 177 Å². The second kappa shape index (κ2) is 8.74. The molecule has 7 nitrogen and oxygen atoms in total. The molecule has 9 heteroatoms. The molecule has 2 aromatic carbocycles. The molecule has 1 saturated heterocycles. The second-order valence-corrected chi connectivity index (χ2v) is 7.89. The number of halogens is 1. The van der Waals surface area contributed by atoms with Gasteiger partial charge in [-0.1, -0.05) is 11.3 Å². The summed E-state index contributed by atoms with van der Waals surface area (Å²) in [7, 11) is 3.12. The maximum absolute atomic E-state index is 13.3. The van der Waals surface area contributed by atoms with Crippen molar-refractivity contribution in [3.63, 3.8) is 0 Å². The summed E-state index contributed by atoms with van der Waals surface area (Å²) in [5, 5.41) is 3.42. The van der Waals surface area contributed by atoms with Crippen LogP contribution in [0.1, 0.15) is 12.8 Å². The molecule has 4 rings (SSSR count). The van der Waals surface area contributed by atoms with Crippen molar-refractivity contribution in [3.05, 3.63) is 42.2 Å². The molecule has 3 aromatic rings. The van der Waals surface area contributed by atoms with Crippen LogP contribution in [0.4, 0.5) is 14.9 Å². The third kappa shape index (κ3) is 4.40. The standard InChI is InChI=1S/C21H22FN3O4S/c1-27-15-4-6-16(18(12-15)28-2)23-20(26)25-9-7-14(8-10-25)29-21-24-17-5-3-13(22)11-19(17)30-21/h3-6,11-12,14H,7-10H2,1-2H3,(H,23,26). The van der Waals surface area contributed by atoms with Gasteiger partial charge >= 0.3 is 6.03 Å². The second-order valence-electron chi connectivity index (χ2n) is 6.89. The number of likely N-dealkylation sites (tertiary alicyclic amines) is 1. The zero-order chi connectivity index (χ0) is 21.1. The van der Waals surface area contributed by atoms with Crippen LogP contribution in [-0.2, 0) is 0 Å². The first-order valence-corrected chi connectivity index (χ1v) is 10.4. The van der Waals surface area contributed by atoms with E-state index in [0.717, 1.165) is 10.2 Å². The summed E-state index contributed by atoms with van der Waals surface area (Å²) in [5.74, 6) is 0.902. The van der Waals surface area contributed by atoms with E-state index in [1.54, 1.807) is 43.4 Å². The van der Waals surface area contributed by atoms with Crippen molar-refractivity contribution in [3.8, 4) is 16.7 Å². The first kappa shape index (κ1) is 20.2. The van der Waals surface area contributed by atoms with E-state index in [2.05, 4.69) is 10.3 Å². The number of aromatic nitrogens is 1. The first-order chi connectivity index (χ1) is 14.6. The highest BCUT2D eigenvalue weighted by Crippen LogP contribution is 2.31. The fourth-order valence-electron chi connectivity index (χ4n) is 3.34. The van der Waals surface area contributed by atoms with Gasteiger partial charge in [0.2, 0.25) is 0 Å². The van der Waals surface area contributed by atoms with Gasteiger partial charge in [-0.2, -0.15) is 0 Å². The van der Waals surface area contributed by atoms with Crippen LogP contribution in [0.2, 0.25) is 0 Å². The van der Waals surface area contributed by atoms with Crippen molar-refractivity contribution < 1.29 is 23.4 Å². The lowest BCUT2D eigenvalue weighted by atomic mass is 10.1. The van der Waals surface area contributed by atoms with Crippen molar-refractivity contribution in [2.45, 2.75) is 18.9 Å². The summed E-state index contributed by atoms with van der Waals surface area (Å²) in [6, 6.07) is 9.55. The van der Waals surface area contributed by atoms with Crippen LogP contribution in [0.3, 0.4) is 0 Å². The largest absolute Gasteiger partial charge is 0.497 e. The molecule has 0 bridgehead atoms. The molecule has 0 aliphatic carbocycles. The van der Waals surface area contributed by atoms with Gasteiger partial charge in [0.1, 0.15) is 23.4 Å². The normalized spacial score (nSPS) is 14.6. The van der Waals surface area contributed by atoms with Gasteiger partial charge in [0.15, 0.2) is 0 Å². The third-order valence-electron chi connectivity index (χ3n) is 4.98. The van der Waals surface area contributed by atoms with E-state index in [-0.39, 0.29) is 18.0 Å². The van der Waals surface area contributed by atoms with Gasteiger partial charge in [-0.3, -0.25) is 0 Å². The van der Waals surface area contributed by atoms with Crippen LogP contribution in [0, 0.1) is 5.82 Å². The number of hydrogen-bond donors (Lipinski definition) is 1. The smallest absolute Gasteiger partial charge is 0.321 e. The molecule has 2 heterocycles. The van der Waals surface area contributed by atoms with Gasteiger partial charge in [0, 0.05) is 32.0 Å². The fourth-order valence-corrected chi connectivity index (χ4v) is 4.25. The van der Waals surface area contributed by atoms with E-state index in [9.17, 15) is 9.18 Å². The Bertz CT molecular complexity index is 1050. The Hall–Kier alpha value is -3.07. The van der Waals surface area contributed by atoms with E-state index < -0.39 is 0 Å². The third-order valence-corrected chi connectivity index (χ3v) is 5.89. The van der Waals surface area contributed by atoms with Crippen LogP contribution < -0.4 is 19.5 Å². The molecule has 1 N–H and O–H groups in total. The minimum Gasteiger partial charge on any atom is -0.497 e. The SMILES string of the molecule is COc1ccc(NC(=O)N2CCC(Oc3nc4ccc(F)cc4s3)CC2)c(OC)c1. The molecule has 0 spiro atoms. The molecule has 0 atom stereocenters. The molecule has 0 saturated carbocycles. The van der Waals surface area contributed by atoms with E-state index in [0.29, 0.717) is 48.3 Å². The number of methoxy groups -OCH3 is 2. The molecular weight excluding hydrogens is 409 g/mol. The van der Waals surface area contributed by atoms with Gasteiger partial charge in [-0.25, -0.2) is 14.2 Å². The number of anilines is 1. The monoisotopic (exact) mass is 431 g/mol. The topological polar surface area (TPSA) is 72.9 Å². The molecule has 1 fully saturated rings. The van der Waals surface area contributed by atoms with Gasteiger partial charge in [-0.15, -0.1) is 0 Å². The summed E-state index contributed by atoms with van der Waals surface area (Å²) in [4.78, 5) is 18.8. The molecule has 0 radical (unpaired) electrons. The molecule has 2 amide bonds. The Morgan fingerprint density at radius 3 is 2.70 bits per heavy atom. The van der Waals surface area contributed by atoms with Crippen molar-refractivity contribution in [2.24, 2.45) is 0 Å². The minimum absolute atomic E-state index is 0.0324. The van der Waals surface area contributed by atoms with Crippen molar-refractivity contribution >= 4 is 33.3 Å². The number of thiazole rings is 1. The zero-order valence-corrected chi connectivity index (χ0v) is 17.5. The van der Waals surface area contributed by atoms with Gasteiger partial charge < -0.3 is 24.4 Å². The average Bonchev–Trinajstić information content (AvgIpc) is 3.15. The summed E-state index contributed by atoms with van der Waals surface area (Å²) in [5.41, 5.74) is 1.31. The number of piperidine rings is 1. The highest BCUT2D eigenvalue weighted by Gasteiger charge is 2.25. The summed E-state index contributed by atoms with van der Waals surface area (Å²) < 4.78 is 30.6. The number of benzene rings is 2. The van der Waals surface area contributed by atoms with E-state index in [1.807, 2.05) is 0 Å².